The van der Waals surface area contributed by atoms with Crippen LogP contribution in [0.15, 0.2) is 29.1 Å². The van der Waals surface area contributed by atoms with Crippen LogP contribution in [0.5, 0.6) is 5.75 Å². The van der Waals surface area contributed by atoms with Crippen molar-refractivity contribution in [3.63, 3.8) is 0 Å². The maximum absolute atomic E-state index is 13.5. The van der Waals surface area contributed by atoms with Gasteiger partial charge in [0, 0.05) is 6.42 Å². The molecule has 1 amide bonds. The summed E-state index contributed by atoms with van der Waals surface area (Å²) in [7, 11) is 1.60. The van der Waals surface area contributed by atoms with Gasteiger partial charge in [-0.25, -0.2) is 18.3 Å². The number of aryl methyl sites for hydroxylation is 3. The van der Waals surface area contributed by atoms with E-state index in [1.54, 1.807) is 7.11 Å². The molecule has 3 unspecified atom stereocenters. The average Bonchev–Trinajstić information content (AvgIpc) is 3.25. The first-order valence-electron chi connectivity index (χ1n) is 9.86. The molecule has 2 aliphatic heterocycles. The Morgan fingerprint density at radius 2 is 1.90 bits per heavy atom. The first-order valence-corrected chi connectivity index (χ1v) is 9.86. The zero-order chi connectivity index (χ0) is 20.5. The second kappa shape index (κ2) is 7.96. The number of alkyl halides is 2. The third-order valence-corrected chi connectivity index (χ3v) is 5.68. The smallest absolute Gasteiger partial charge is 0.346 e. The van der Waals surface area contributed by atoms with Crippen LogP contribution in [0.4, 0.5) is 8.78 Å². The van der Waals surface area contributed by atoms with Gasteiger partial charge in [-0.05, 0) is 37.0 Å². The number of carbonyl (C=O) groups is 1. The van der Waals surface area contributed by atoms with Crippen molar-refractivity contribution in [2.75, 3.05) is 20.2 Å². The van der Waals surface area contributed by atoms with E-state index in [4.69, 9.17) is 4.74 Å². The van der Waals surface area contributed by atoms with E-state index in [9.17, 15) is 18.4 Å². The molecule has 0 aliphatic carbocycles. The van der Waals surface area contributed by atoms with Crippen LogP contribution < -0.4 is 10.4 Å². The van der Waals surface area contributed by atoms with Gasteiger partial charge in [0.1, 0.15) is 17.6 Å². The largest absolute Gasteiger partial charge is 0.497 e. The molecular formula is C20H24F2N4O3. The monoisotopic (exact) mass is 406 g/mol. The summed E-state index contributed by atoms with van der Waals surface area (Å²) in [4.78, 5) is 26.9. The maximum Gasteiger partial charge on any atom is 0.346 e. The van der Waals surface area contributed by atoms with Gasteiger partial charge < -0.3 is 9.64 Å². The van der Waals surface area contributed by atoms with Gasteiger partial charge in [-0.15, -0.1) is 0 Å². The second-order valence-corrected chi connectivity index (χ2v) is 7.57. The van der Waals surface area contributed by atoms with E-state index < -0.39 is 24.3 Å². The molecule has 29 heavy (non-hydrogen) atoms. The van der Waals surface area contributed by atoms with Crippen molar-refractivity contribution in [2.24, 2.45) is 0 Å². The number of hydrogen-bond acceptors (Lipinski definition) is 4. The lowest BCUT2D eigenvalue weighted by molar-refractivity contribution is -0.134. The standard InChI is InChI=1S/C20H24F2N4O3/c1-29-14-7-5-13(6-8-14)9-10-25-20(28)26-17(3-2-4-18(26)23-25)19(27)24-11-15(21)16(22)12-24/h5-8,15-17H,2-4,9-12H2,1H3. The van der Waals surface area contributed by atoms with Crippen LogP contribution in [0, 0.1) is 0 Å². The van der Waals surface area contributed by atoms with E-state index in [0.29, 0.717) is 38.1 Å². The number of carbonyl (C=O) groups excluding carboxylic acids is 1. The van der Waals surface area contributed by atoms with Crippen LogP contribution in [0.25, 0.3) is 0 Å². The summed E-state index contributed by atoms with van der Waals surface area (Å²) in [6.45, 7) is -0.132. The molecule has 0 spiro atoms. The lowest BCUT2D eigenvalue weighted by atomic mass is 10.0. The van der Waals surface area contributed by atoms with Crippen molar-refractivity contribution in [3.8, 4) is 5.75 Å². The molecule has 4 rings (SSSR count). The zero-order valence-corrected chi connectivity index (χ0v) is 16.3. The Morgan fingerprint density at radius 3 is 2.55 bits per heavy atom. The molecule has 3 atom stereocenters. The maximum atomic E-state index is 13.5. The molecule has 1 fully saturated rings. The molecule has 7 nitrogen and oxygen atoms in total. The molecule has 2 aliphatic rings. The SMILES string of the molecule is COc1ccc(CCn2nc3n(c2=O)C(C(=O)N2CC(F)C(F)C2)CCC3)cc1. The highest BCUT2D eigenvalue weighted by Gasteiger charge is 2.40. The molecule has 2 aromatic rings. The number of benzene rings is 1. The summed E-state index contributed by atoms with van der Waals surface area (Å²) in [6.07, 6.45) is -0.932. The molecule has 1 aromatic carbocycles. The number of rotatable bonds is 5. The van der Waals surface area contributed by atoms with Gasteiger partial charge in [0.25, 0.3) is 0 Å². The summed E-state index contributed by atoms with van der Waals surface area (Å²) < 4.78 is 35.0. The highest BCUT2D eigenvalue weighted by atomic mass is 19.2. The zero-order valence-electron chi connectivity index (χ0n) is 16.3. The van der Waals surface area contributed by atoms with Gasteiger partial charge in [-0.3, -0.25) is 9.36 Å². The van der Waals surface area contributed by atoms with Crippen molar-refractivity contribution in [3.05, 3.63) is 46.1 Å². The van der Waals surface area contributed by atoms with Crippen molar-refractivity contribution < 1.29 is 18.3 Å². The first kappa shape index (κ1) is 19.6. The molecule has 156 valence electrons. The first-order chi connectivity index (χ1) is 14.0. The van der Waals surface area contributed by atoms with Crippen LogP contribution in [-0.2, 0) is 24.2 Å². The van der Waals surface area contributed by atoms with E-state index in [-0.39, 0.29) is 18.8 Å². The summed E-state index contributed by atoms with van der Waals surface area (Å²) in [5.41, 5.74) is 0.690. The molecule has 0 saturated carbocycles. The van der Waals surface area contributed by atoms with Crippen molar-refractivity contribution >= 4 is 5.91 Å². The number of halogens is 2. The van der Waals surface area contributed by atoms with Crippen molar-refractivity contribution in [1.82, 2.24) is 19.2 Å². The normalized spacial score (nSPS) is 23.8. The minimum atomic E-state index is -1.66. The quantitative estimate of drug-likeness (QED) is 0.758. The number of hydrogen-bond donors (Lipinski definition) is 0. The second-order valence-electron chi connectivity index (χ2n) is 7.57. The van der Waals surface area contributed by atoms with Gasteiger partial charge in [0.2, 0.25) is 5.91 Å². The predicted octanol–water partition coefficient (Wildman–Crippen LogP) is 1.69. The van der Waals surface area contributed by atoms with Gasteiger partial charge in [-0.2, -0.15) is 5.10 Å². The number of likely N-dealkylation sites (tertiary alicyclic amines) is 1. The van der Waals surface area contributed by atoms with Crippen LogP contribution in [0.1, 0.15) is 30.3 Å². The molecule has 1 saturated heterocycles. The average molecular weight is 406 g/mol. The molecule has 0 radical (unpaired) electrons. The number of fused-ring (bicyclic) bond motifs is 1. The number of nitrogens with zero attached hydrogens (tertiary/aromatic N) is 4. The van der Waals surface area contributed by atoms with Gasteiger partial charge in [-0.1, -0.05) is 12.1 Å². The summed E-state index contributed by atoms with van der Waals surface area (Å²) >= 11 is 0. The Labute approximate surface area is 166 Å². The fraction of sp³-hybridized carbons (Fsp3) is 0.550. The van der Waals surface area contributed by atoms with E-state index in [0.717, 1.165) is 11.3 Å². The van der Waals surface area contributed by atoms with Gasteiger partial charge >= 0.3 is 5.69 Å². The van der Waals surface area contributed by atoms with Crippen LogP contribution in [-0.4, -0.2) is 57.7 Å². The third-order valence-electron chi connectivity index (χ3n) is 5.68. The fourth-order valence-corrected chi connectivity index (χ4v) is 4.05. The minimum absolute atomic E-state index is 0.258. The highest BCUT2D eigenvalue weighted by Crippen LogP contribution is 2.27. The minimum Gasteiger partial charge on any atom is -0.497 e. The lowest BCUT2D eigenvalue weighted by Gasteiger charge is -2.26. The Kier molecular flexibility index (Phi) is 5.38. The van der Waals surface area contributed by atoms with Gasteiger partial charge in [0.05, 0.1) is 26.7 Å². The molecule has 0 bridgehead atoms. The van der Waals surface area contributed by atoms with Crippen LogP contribution >= 0.6 is 0 Å². The van der Waals surface area contributed by atoms with Crippen molar-refractivity contribution in [1.29, 1.82) is 0 Å². The number of ether oxygens (including phenoxy) is 1. The molecule has 0 N–H and O–H groups in total. The van der Waals surface area contributed by atoms with E-state index in [2.05, 4.69) is 5.10 Å². The molecule has 1 aromatic heterocycles. The third kappa shape index (κ3) is 3.77. The van der Waals surface area contributed by atoms with Crippen LogP contribution in [0.3, 0.4) is 0 Å². The summed E-state index contributed by atoms with van der Waals surface area (Å²) in [5, 5.41) is 4.41. The number of methoxy groups -OCH3 is 1. The lowest BCUT2D eigenvalue weighted by Crippen LogP contribution is -2.42. The highest BCUT2D eigenvalue weighted by molar-refractivity contribution is 5.81. The van der Waals surface area contributed by atoms with E-state index >= 15 is 0 Å². The fourth-order valence-electron chi connectivity index (χ4n) is 4.05. The topological polar surface area (TPSA) is 69.4 Å². The predicted molar refractivity (Wildman–Crippen MR) is 102 cm³/mol. The molecule has 3 heterocycles. The Balaban J connectivity index is 1.51. The Hall–Kier alpha value is -2.71. The summed E-state index contributed by atoms with van der Waals surface area (Å²) in [6, 6.07) is 6.84. The number of aromatic nitrogens is 3. The van der Waals surface area contributed by atoms with Crippen LogP contribution in [0.2, 0.25) is 0 Å². The van der Waals surface area contributed by atoms with E-state index in [1.807, 2.05) is 24.3 Å². The molecule has 9 heteroatoms. The molecular weight excluding hydrogens is 382 g/mol. The summed E-state index contributed by atoms with van der Waals surface area (Å²) in [5.74, 6) is 0.922. The van der Waals surface area contributed by atoms with Crippen molar-refractivity contribution in [2.45, 2.75) is 50.6 Å². The Bertz CT molecular complexity index is 930. The van der Waals surface area contributed by atoms with Gasteiger partial charge in [0.15, 0.2) is 12.3 Å². The van der Waals surface area contributed by atoms with E-state index in [1.165, 1.54) is 14.1 Å². The Morgan fingerprint density at radius 1 is 1.21 bits per heavy atom. The number of amides is 1.